The Bertz CT molecular complexity index is 1260. The molecular formula is C31H41N3O8. The number of nitrogens with one attached hydrogen (secondary N) is 2. The van der Waals surface area contributed by atoms with E-state index in [-0.39, 0.29) is 49.5 Å². The van der Waals surface area contributed by atoms with Crippen molar-refractivity contribution in [3.8, 4) is 11.5 Å². The van der Waals surface area contributed by atoms with Gasteiger partial charge in [-0.3, -0.25) is 14.4 Å². The van der Waals surface area contributed by atoms with Crippen LogP contribution in [0.3, 0.4) is 0 Å². The van der Waals surface area contributed by atoms with Gasteiger partial charge in [0.2, 0.25) is 11.8 Å². The van der Waals surface area contributed by atoms with E-state index >= 15 is 0 Å². The SMILES string of the molecule is CCOC(=O)CCNC(=O)C(c1cccc(O)c1)N(C(=O)C(Cc1ccc(O)cc1)NC(=O)OC(C)(C)C)C1CC1C. The lowest BCUT2D eigenvalue weighted by atomic mass is 9.99. The van der Waals surface area contributed by atoms with Gasteiger partial charge in [-0.15, -0.1) is 0 Å². The van der Waals surface area contributed by atoms with E-state index in [0.717, 1.165) is 0 Å². The summed E-state index contributed by atoms with van der Waals surface area (Å²) >= 11 is 0. The van der Waals surface area contributed by atoms with Crippen LogP contribution in [-0.2, 0) is 30.3 Å². The Morgan fingerprint density at radius 1 is 1.05 bits per heavy atom. The maximum Gasteiger partial charge on any atom is 0.408 e. The number of carbonyl (C=O) groups is 4. The Balaban J connectivity index is 1.99. The Hall–Kier alpha value is -4.28. The summed E-state index contributed by atoms with van der Waals surface area (Å²) in [6.45, 7) is 8.98. The number of carbonyl (C=O) groups excluding carboxylic acids is 4. The molecule has 1 fully saturated rings. The van der Waals surface area contributed by atoms with Crippen molar-refractivity contribution in [3.05, 3.63) is 59.7 Å². The zero-order valence-electron chi connectivity index (χ0n) is 24.8. The molecule has 4 atom stereocenters. The zero-order valence-corrected chi connectivity index (χ0v) is 24.8. The normalized spacial score (nSPS) is 17.4. The van der Waals surface area contributed by atoms with Crippen LogP contribution in [-0.4, -0.2) is 69.8 Å². The van der Waals surface area contributed by atoms with Crippen molar-refractivity contribution in [1.82, 2.24) is 15.5 Å². The molecule has 228 valence electrons. The van der Waals surface area contributed by atoms with Crippen LogP contribution in [0.25, 0.3) is 0 Å². The molecule has 11 nitrogen and oxygen atoms in total. The third-order valence-electron chi connectivity index (χ3n) is 6.69. The summed E-state index contributed by atoms with van der Waals surface area (Å²) in [5, 5.41) is 25.4. The van der Waals surface area contributed by atoms with Crippen LogP contribution in [0, 0.1) is 5.92 Å². The molecule has 0 heterocycles. The highest BCUT2D eigenvalue weighted by Gasteiger charge is 2.48. The second kappa shape index (κ2) is 14.1. The predicted octanol–water partition coefficient (Wildman–Crippen LogP) is 3.58. The van der Waals surface area contributed by atoms with E-state index in [4.69, 9.17) is 9.47 Å². The highest BCUT2D eigenvalue weighted by Crippen LogP contribution is 2.41. The fourth-order valence-corrected chi connectivity index (χ4v) is 4.62. The minimum atomic E-state index is -1.16. The molecule has 0 radical (unpaired) electrons. The second-order valence-electron chi connectivity index (χ2n) is 11.4. The molecule has 2 aromatic carbocycles. The molecule has 0 aromatic heterocycles. The van der Waals surface area contributed by atoms with Crippen molar-refractivity contribution >= 4 is 23.9 Å². The monoisotopic (exact) mass is 583 g/mol. The van der Waals surface area contributed by atoms with E-state index in [1.165, 1.54) is 29.2 Å². The number of ether oxygens (including phenoxy) is 2. The number of phenolic OH excluding ortho intramolecular Hbond substituents is 2. The number of benzene rings is 2. The molecular weight excluding hydrogens is 542 g/mol. The van der Waals surface area contributed by atoms with E-state index < -0.39 is 41.6 Å². The number of phenols is 2. The lowest BCUT2D eigenvalue weighted by molar-refractivity contribution is -0.145. The summed E-state index contributed by atoms with van der Waals surface area (Å²) < 4.78 is 10.4. The Labute approximate surface area is 246 Å². The number of hydrogen-bond acceptors (Lipinski definition) is 8. The van der Waals surface area contributed by atoms with Gasteiger partial charge in [0.05, 0.1) is 13.0 Å². The van der Waals surface area contributed by atoms with Crippen LogP contribution in [0.4, 0.5) is 4.79 Å². The summed E-state index contributed by atoms with van der Waals surface area (Å²) in [5.41, 5.74) is 0.222. The van der Waals surface area contributed by atoms with Gasteiger partial charge in [-0.25, -0.2) is 4.79 Å². The highest BCUT2D eigenvalue weighted by atomic mass is 16.6. The van der Waals surface area contributed by atoms with Gasteiger partial charge < -0.3 is 35.2 Å². The van der Waals surface area contributed by atoms with Gasteiger partial charge >= 0.3 is 12.1 Å². The quantitative estimate of drug-likeness (QED) is 0.277. The summed E-state index contributed by atoms with van der Waals surface area (Å²) in [6, 6.07) is 9.75. The fourth-order valence-electron chi connectivity index (χ4n) is 4.62. The molecule has 0 spiro atoms. The second-order valence-corrected chi connectivity index (χ2v) is 11.4. The zero-order chi connectivity index (χ0) is 31.0. The Kier molecular flexibility index (Phi) is 10.8. The lowest BCUT2D eigenvalue weighted by Crippen LogP contribution is -2.54. The lowest BCUT2D eigenvalue weighted by Gasteiger charge is -2.35. The van der Waals surface area contributed by atoms with Crippen molar-refractivity contribution in [2.75, 3.05) is 13.2 Å². The number of aromatic hydroxyl groups is 2. The van der Waals surface area contributed by atoms with Crippen LogP contribution in [0.2, 0.25) is 0 Å². The van der Waals surface area contributed by atoms with Crippen molar-refractivity contribution in [3.63, 3.8) is 0 Å². The number of hydrogen-bond donors (Lipinski definition) is 4. The molecule has 1 aliphatic carbocycles. The average molecular weight is 584 g/mol. The van der Waals surface area contributed by atoms with Gasteiger partial charge in [0.15, 0.2) is 0 Å². The molecule has 0 bridgehead atoms. The van der Waals surface area contributed by atoms with Gasteiger partial charge in [0, 0.05) is 19.0 Å². The number of rotatable bonds is 12. The molecule has 3 amide bonds. The van der Waals surface area contributed by atoms with Gasteiger partial charge in [-0.1, -0.05) is 31.2 Å². The first-order valence-corrected chi connectivity index (χ1v) is 14.1. The van der Waals surface area contributed by atoms with E-state index in [1.54, 1.807) is 52.0 Å². The molecule has 0 aliphatic heterocycles. The molecule has 3 rings (SSSR count). The third-order valence-corrected chi connectivity index (χ3v) is 6.69. The number of amides is 3. The van der Waals surface area contributed by atoms with Crippen molar-refractivity contribution in [1.29, 1.82) is 0 Å². The van der Waals surface area contributed by atoms with Crippen LogP contribution < -0.4 is 10.6 Å². The molecule has 4 unspecified atom stereocenters. The summed E-state index contributed by atoms with van der Waals surface area (Å²) in [5.74, 6) is -1.47. The van der Waals surface area contributed by atoms with Gasteiger partial charge in [0.1, 0.15) is 29.2 Å². The van der Waals surface area contributed by atoms with E-state index in [9.17, 15) is 29.4 Å². The minimum Gasteiger partial charge on any atom is -0.508 e. The topological polar surface area (TPSA) is 154 Å². The maximum atomic E-state index is 14.4. The number of nitrogens with zero attached hydrogens (tertiary/aromatic N) is 1. The summed E-state index contributed by atoms with van der Waals surface area (Å²) in [6.07, 6.45) is -0.150. The molecule has 11 heteroatoms. The smallest absolute Gasteiger partial charge is 0.408 e. The molecule has 1 aliphatic rings. The summed E-state index contributed by atoms with van der Waals surface area (Å²) in [4.78, 5) is 54.3. The molecule has 0 saturated heterocycles. The molecule has 2 aromatic rings. The summed E-state index contributed by atoms with van der Waals surface area (Å²) in [7, 11) is 0. The Morgan fingerprint density at radius 2 is 1.71 bits per heavy atom. The van der Waals surface area contributed by atoms with Crippen molar-refractivity contribution < 1.29 is 38.9 Å². The number of alkyl carbamates (subject to hydrolysis) is 1. The van der Waals surface area contributed by atoms with Crippen LogP contribution in [0.1, 0.15) is 64.6 Å². The molecule has 1 saturated carbocycles. The van der Waals surface area contributed by atoms with Gasteiger partial charge in [-0.2, -0.15) is 0 Å². The van der Waals surface area contributed by atoms with Crippen molar-refractivity contribution in [2.24, 2.45) is 5.92 Å². The van der Waals surface area contributed by atoms with E-state index in [2.05, 4.69) is 10.6 Å². The first-order valence-electron chi connectivity index (χ1n) is 14.1. The van der Waals surface area contributed by atoms with Crippen LogP contribution >= 0.6 is 0 Å². The third kappa shape index (κ3) is 9.39. The minimum absolute atomic E-state index is 0.0116. The fraction of sp³-hybridized carbons (Fsp3) is 0.484. The van der Waals surface area contributed by atoms with E-state index in [1.807, 2.05) is 6.92 Å². The molecule has 4 N–H and O–H groups in total. The van der Waals surface area contributed by atoms with Gasteiger partial charge in [-0.05, 0) is 75.4 Å². The van der Waals surface area contributed by atoms with Crippen LogP contribution in [0.5, 0.6) is 11.5 Å². The van der Waals surface area contributed by atoms with E-state index in [0.29, 0.717) is 17.5 Å². The standard InChI is InChI=1S/C31H41N3O8/c1-6-41-26(37)14-15-32-28(38)27(21-8-7-9-23(36)18-21)34(25-16-19(25)2)29(39)24(33-30(40)42-31(3,4)5)17-20-10-12-22(35)13-11-20/h7-13,18-19,24-25,27,35-36H,6,14-17H2,1-5H3,(H,32,38)(H,33,40). The van der Waals surface area contributed by atoms with Gasteiger partial charge in [0.25, 0.3) is 0 Å². The Morgan fingerprint density at radius 3 is 2.29 bits per heavy atom. The van der Waals surface area contributed by atoms with Crippen LogP contribution in [0.15, 0.2) is 48.5 Å². The maximum absolute atomic E-state index is 14.4. The van der Waals surface area contributed by atoms with Crippen molar-refractivity contribution in [2.45, 2.75) is 77.6 Å². The average Bonchev–Trinajstić information content (AvgIpc) is 3.62. The number of esters is 1. The first-order chi connectivity index (χ1) is 19.8. The molecule has 42 heavy (non-hydrogen) atoms. The predicted molar refractivity (Wildman–Crippen MR) is 154 cm³/mol. The largest absolute Gasteiger partial charge is 0.508 e. The first kappa shape index (κ1) is 32.2. The highest BCUT2D eigenvalue weighted by molar-refractivity contribution is 5.93.